The van der Waals surface area contributed by atoms with Gasteiger partial charge in [-0.3, -0.25) is 14.8 Å². The molecule has 0 spiro atoms. The van der Waals surface area contributed by atoms with Gasteiger partial charge in [-0.1, -0.05) is 60.7 Å². The standard InChI is InChI=1S/C26H33N5/c1-20-19-24(25(27)21(2)29-20)28-13-14-30-15-17-31(18-16-30)26(22-9-5-3-6-10-22)23-11-7-4-8-12-23/h3-12,19,26H,13-18,27H2,1-2H3,(H,28,29). The molecule has 1 aliphatic heterocycles. The number of aromatic nitrogens is 1. The molecule has 0 bridgehead atoms. The van der Waals surface area contributed by atoms with E-state index in [0.717, 1.165) is 62.0 Å². The van der Waals surface area contributed by atoms with Crippen LogP contribution in [-0.4, -0.2) is 54.1 Å². The van der Waals surface area contributed by atoms with Gasteiger partial charge in [0.15, 0.2) is 0 Å². The number of nitrogens with one attached hydrogen (secondary N) is 1. The number of nitrogens with two attached hydrogens (primary N) is 1. The van der Waals surface area contributed by atoms with Crippen LogP contribution in [0.3, 0.4) is 0 Å². The predicted octanol–water partition coefficient (Wildman–Crippen LogP) is 4.10. The summed E-state index contributed by atoms with van der Waals surface area (Å²) in [4.78, 5) is 9.57. The van der Waals surface area contributed by atoms with Crippen molar-refractivity contribution >= 4 is 11.4 Å². The monoisotopic (exact) mass is 415 g/mol. The lowest BCUT2D eigenvalue weighted by molar-refractivity contribution is 0.112. The minimum atomic E-state index is 0.310. The van der Waals surface area contributed by atoms with Crippen LogP contribution in [0.1, 0.15) is 28.6 Å². The topological polar surface area (TPSA) is 57.4 Å². The van der Waals surface area contributed by atoms with Crippen LogP contribution in [0.25, 0.3) is 0 Å². The van der Waals surface area contributed by atoms with Crippen LogP contribution < -0.4 is 11.1 Å². The Labute approximate surface area is 185 Å². The van der Waals surface area contributed by atoms with Crippen molar-refractivity contribution in [1.82, 2.24) is 14.8 Å². The largest absolute Gasteiger partial charge is 0.396 e. The van der Waals surface area contributed by atoms with E-state index in [1.165, 1.54) is 11.1 Å². The molecule has 31 heavy (non-hydrogen) atoms. The number of pyridine rings is 1. The van der Waals surface area contributed by atoms with Gasteiger partial charge in [0, 0.05) is 45.0 Å². The zero-order chi connectivity index (χ0) is 21.6. The smallest absolute Gasteiger partial charge is 0.0766 e. The molecule has 0 amide bonds. The highest BCUT2D eigenvalue weighted by molar-refractivity contribution is 5.68. The third-order valence-electron chi connectivity index (χ3n) is 6.12. The van der Waals surface area contributed by atoms with Crippen molar-refractivity contribution in [2.24, 2.45) is 0 Å². The highest BCUT2D eigenvalue weighted by Gasteiger charge is 2.26. The van der Waals surface area contributed by atoms with E-state index in [4.69, 9.17) is 5.73 Å². The van der Waals surface area contributed by atoms with Gasteiger partial charge in [0.25, 0.3) is 0 Å². The average Bonchev–Trinajstić information content (AvgIpc) is 2.80. The molecule has 0 aliphatic carbocycles. The van der Waals surface area contributed by atoms with E-state index >= 15 is 0 Å². The molecule has 0 unspecified atom stereocenters. The molecule has 0 saturated carbocycles. The quantitative estimate of drug-likeness (QED) is 0.608. The minimum Gasteiger partial charge on any atom is -0.396 e. The molecule has 4 rings (SSSR count). The van der Waals surface area contributed by atoms with Crippen molar-refractivity contribution in [3.8, 4) is 0 Å². The second-order valence-corrected chi connectivity index (χ2v) is 8.34. The molecule has 162 valence electrons. The Morgan fingerprint density at radius 1 is 0.903 bits per heavy atom. The molecule has 5 heteroatoms. The third kappa shape index (κ3) is 5.24. The molecule has 2 aromatic carbocycles. The Hall–Kier alpha value is -2.89. The predicted molar refractivity (Wildman–Crippen MR) is 129 cm³/mol. The highest BCUT2D eigenvalue weighted by atomic mass is 15.3. The molecular formula is C26H33N5. The molecular weight excluding hydrogens is 382 g/mol. The normalized spacial score (nSPS) is 15.3. The highest BCUT2D eigenvalue weighted by Crippen LogP contribution is 2.29. The van der Waals surface area contributed by atoms with Crippen LogP contribution in [0.2, 0.25) is 0 Å². The number of hydrogen-bond donors (Lipinski definition) is 2. The van der Waals surface area contributed by atoms with Crippen LogP contribution in [0.15, 0.2) is 66.7 Å². The number of aryl methyl sites for hydroxylation is 2. The molecule has 3 aromatic rings. The first-order chi connectivity index (χ1) is 15.1. The SMILES string of the molecule is Cc1cc(NCCN2CCN(C(c3ccccc3)c3ccccc3)CC2)c(N)c(C)n1. The van der Waals surface area contributed by atoms with Crippen molar-refractivity contribution in [2.75, 3.05) is 50.3 Å². The maximum absolute atomic E-state index is 6.19. The summed E-state index contributed by atoms with van der Waals surface area (Å²) in [5.74, 6) is 0. The first-order valence-electron chi connectivity index (χ1n) is 11.2. The Balaban J connectivity index is 1.35. The van der Waals surface area contributed by atoms with Crippen molar-refractivity contribution < 1.29 is 0 Å². The molecule has 1 aliphatic rings. The van der Waals surface area contributed by atoms with E-state index in [2.05, 4.69) is 80.8 Å². The summed E-state index contributed by atoms with van der Waals surface area (Å²) < 4.78 is 0. The lowest BCUT2D eigenvalue weighted by atomic mass is 9.96. The van der Waals surface area contributed by atoms with E-state index < -0.39 is 0 Å². The van der Waals surface area contributed by atoms with Gasteiger partial charge in [0.05, 0.1) is 23.1 Å². The number of piperazine rings is 1. The average molecular weight is 416 g/mol. The molecule has 3 N–H and O–H groups in total. The van der Waals surface area contributed by atoms with E-state index in [9.17, 15) is 0 Å². The second-order valence-electron chi connectivity index (χ2n) is 8.34. The molecule has 1 fully saturated rings. The lowest BCUT2D eigenvalue weighted by Gasteiger charge is -2.40. The van der Waals surface area contributed by atoms with Gasteiger partial charge in [0.2, 0.25) is 0 Å². The number of hydrogen-bond acceptors (Lipinski definition) is 5. The van der Waals surface area contributed by atoms with E-state index in [0.29, 0.717) is 6.04 Å². The van der Waals surface area contributed by atoms with E-state index in [1.807, 2.05) is 19.9 Å². The Morgan fingerprint density at radius 3 is 2.06 bits per heavy atom. The zero-order valence-corrected chi connectivity index (χ0v) is 18.6. The second kappa shape index (κ2) is 9.94. The number of nitrogens with zero attached hydrogens (tertiary/aromatic N) is 3. The van der Waals surface area contributed by atoms with Crippen molar-refractivity contribution in [3.05, 3.63) is 89.2 Å². The van der Waals surface area contributed by atoms with Crippen molar-refractivity contribution in [1.29, 1.82) is 0 Å². The minimum absolute atomic E-state index is 0.310. The van der Waals surface area contributed by atoms with Crippen LogP contribution >= 0.6 is 0 Å². The maximum atomic E-state index is 6.19. The number of anilines is 2. The summed E-state index contributed by atoms with van der Waals surface area (Å²) in [5.41, 5.74) is 12.6. The fourth-order valence-corrected chi connectivity index (χ4v) is 4.46. The molecule has 0 atom stereocenters. The fourth-order valence-electron chi connectivity index (χ4n) is 4.46. The van der Waals surface area contributed by atoms with Gasteiger partial charge >= 0.3 is 0 Å². The van der Waals surface area contributed by atoms with Crippen molar-refractivity contribution in [3.63, 3.8) is 0 Å². The van der Waals surface area contributed by atoms with Crippen LogP contribution in [-0.2, 0) is 0 Å². The maximum Gasteiger partial charge on any atom is 0.0766 e. The number of nitrogen functional groups attached to an aromatic ring is 1. The van der Waals surface area contributed by atoms with Gasteiger partial charge in [0.1, 0.15) is 0 Å². The third-order valence-corrected chi connectivity index (χ3v) is 6.12. The summed E-state index contributed by atoms with van der Waals surface area (Å²) in [6.45, 7) is 10.1. The first kappa shape index (κ1) is 21.3. The first-order valence-corrected chi connectivity index (χ1v) is 11.2. The van der Waals surface area contributed by atoms with E-state index in [-0.39, 0.29) is 0 Å². The Kier molecular flexibility index (Phi) is 6.85. The molecule has 1 saturated heterocycles. The van der Waals surface area contributed by atoms with Crippen molar-refractivity contribution in [2.45, 2.75) is 19.9 Å². The molecule has 2 heterocycles. The summed E-state index contributed by atoms with van der Waals surface area (Å²) in [5, 5.41) is 3.51. The fraction of sp³-hybridized carbons (Fsp3) is 0.346. The summed E-state index contributed by atoms with van der Waals surface area (Å²) >= 11 is 0. The summed E-state index contributed by atoms with van der Waals surface area (Å²) in [6, 6.07) is 24.1. The van der Waals surface area contributed by atoms with Crippen LogP contribution in [0.4, 0.5) is 11.4 Å². The van der Waals surface area contributed by atoms with Gasteiger partial charge < -0.3 is 11.1 Å². The Morgan fingerprint density at radius 2 is 1.48 bits per heavy atom. The van der Waals surface area contributed by atoms with Gasteiger partial charge in [-0.05, 0) is 31.0 Å². The summed E-state index contributed by atoms with van der Waals surface area (Å²) in [6.07, 6.45) is 0. The van der Waals surface area contributed by atoms with E-state index in [1.54, 1.807) is 0 Å². The van der Waals surface area contributed by atoms with Gasteiger partial charge in [-0.25, -0.2) is 0 Å². The van der Waals surface area contributed by atoms with Crippen LogP contribution in [0.5, 0.6) is 0 Å². The van der Waals surface area contributed by atoms with Gasteiger partial charge in [-0.2, -0.15) is 0 Å². The van der Waals surface area contributed by atoms with Crippen LogP contribution in [0, 0.1) is 13.8 Å². The molecule has 5 nitrogen and oxygen atoms in total. The van der Waals surface area contributed by atoms with Gasteiger partial charge in [-0.15, -0.1) is 0 Å². The molecule has 1 aromatic heterocycles. The number of rotatable bonds is 7. The lowest BCUT2D eigenvalue weighted by Crippen LogP contribution is -2.48. The summed E-state index contributed by atoms with van der Waals surface area (Å²) in [7, 11) is 0. The zero-order valence-electron chi connectivity index (χ0n) is 18.6. The number of benzene rings is 2. The molecule has 0 radical (unpaired) electrons. The Bertz CT molecular complexity index is 926.